The van der Waals surface area contributed by atoms with Crippen molar-refractivity contribution in [3.8, 4) is 5.75 Å². The Kier molecular flexibility index (Phi) is 6.10. The van der Waals surface area contributed by atoms with E-state index < -0.39 is 0 Å². The Morgan fingerprint density at radius 1 is 1.45 bits per heavy atom. The second kappa shape index (κ2) is 7.58. The predicted molar refractivity (Wildman–Crippen MR) is 82.7 cm³/mol. The summed E-state index contributed by atoms with van der Waals surface area (Å²) in [7, 11) is 0. The van der Waals surface area contributed by atoms with E-state index in [2.05, 4.69) is 25.7 Å². The summed E-state index contributed by atoms with van der Waals surface area (Å²) < 4.78 is 5.57. The molecule has 0 spiro atoms. The highest BCUT2D eigenvalue weighted by Gasteiger charge is 2.12. The number of nitrogens with two attached hydrogens (primary N) is 1. The first-order valence-electron chi connectivity index (χ1n) is 6.85. The van der Waals surface area contributed by atoms with Gasteiger partial charge in [0, 0.05) is 11.7 Å². The molecule has 4 heteroatoms. The Morgan fingerprint density at radius 2 is 2.15 bits per heavy atom. The van der Waals surface area contributed by atoms with Gasteiger partial charge in [0.2, 0.25) is 0 Å². The molecule has 0 bridgehead atoms. The lowest BCUT2D eigenvalue weighted by atomic mass is 10.1. The normalized spacial score (nSPS) is 12.0. The SMILES string of the molecule is C=CCc1cc(N)ccc1OCC(=O)NC(C)C(C)C. The van der Waals surface area contributed by atoms with Gasteiger partial charge in [0.15, 0.2) is 6.61 Å². The first kappa shape index (κ1) is 16.1. The highest BCUT2D eigenvalue weighted by Crippen LogP contribution is 2.22. The molecule has 0 aliphatic carbocycles. The number of rotatable bonds is 7. The minimum atomic E-state index is -0.118. The Hall–Kier alpha value is -1.97. The van der Waals surface area contributed by atoms with E-state index >= 15 is 0 Å². The summed E-state index contributed by atoms with van der Waals surface area (Å²) in [5.41, 5.74) is 7.35. The number of amides is 1. The van der Waals surface area contributed by atoms with Gasteiger partial charge in [-0.25, -0.2) is 0 Å². The van der Waals surface area contributed by atoms with Crippen LogP contribution >= 0.6 is 0 Å². The smallest absolute Gasteiger partial charge is 0.258 e. The highest BCUT2D eigenvalue weighted by molar-refractivity contribution is 5.77. The number of hydrogen-bond acceptors (Lipinski definition) is 3. The second-order valence-electron chi connectivity index (χ2n) is 5.25. The average Bonchev–Trinajstić information content (AvgIpc) is 2.38. The van der Waals surface area contributed by atoms with Crippen molar-refractivity contribution in [1.82, 2.24) is 5.32 Å². The molecule has 0 radical (unpaired) electrons. The van der Waals surface area contributed by atoms with Gasteiger partial charge in [-0.1, -0.05) is 19.9 Å². The molecule has 0 aromatic heterocycles. The van der Waals surface area contributed by atoms with Gasteiger partial charge >= 0.3 is 0 Å². The molecule has 0 aliphatic heterocycles. The zero-order valence-electron chi connectivity index (χ0n) is 12.5. The van der Waals surface area contributed by atoms with Gasteiger partial charge in [0.25, 0.3) is 5.91 Å². The molecule has 1 aromatic carbocycles. The number of nitrogens with one attached hydrogen (secondary N) is 1. The van der Waals surface area contributed by atoms with E-state index in [1.165, 1.54) is 0 Å². The summed E-state index contributed by atoms with van der Waals surface area (Å²) in [6, 6.07) is 5.51. The van der Waals surface area contributed by atoms with Crippen molar-refractivity contribution < 1.29 is 9.53 Å². The number of benzene rings is 1. The Labute approximate surface area is 121 Å². The third kappa shape index (κ3) is 4.96. The maximum atomic E-state index is 11.8. The lowest BCUT2D eigenvalue weighted by Gasteiger charge is -2.18. The van der Waals surface area contributed by atoms with Crippen LogP contribution < -0.4 is 15.8 Å². The lowest BCUT2D eigenvalue weighted by molar-refractivity contribution is -0.124. The Balaban J connectivity index is 2.61. The Morgan fingerprint density at radius 3 is 2.75 bits per heavy atom. The first-order chi connectivity index (χ1) is 9.43. The van der Waals surface area contributed by atoms with Crippen LogP contribution in [0.4, 0.5) is 5.69 Å². The predicted octanol–water partition coefficient (Wildman–Crippen LogP) is 2.54. The van der Waals surface area contributed by atoms with Gasteiger partial charge in [-0.15, -0.1) is 6.58 Å². The van der Waals surface area contributed by atoms with Crippen LogP contribution in [0.5, 0.6) is 5.75 Å². The molecule has 110 valence electrons. The molecular weight excluding hydrogens is 252 g/mol. The fourth-order valence-corrected chi connectivity index (χ4v) is 1.66. The molecule has 0 fully saturated rings. The zero-order chi connectivity index (χ0) is 15.1. The molecule has 0 aliphatic rings. The van der Waals surface area contributed by atoms with E-state index in [4.69, 9.17) is 10.5 Å². The number of anilines is 1. The number of carbonyl (C=O) groups is 1. The summed E-state index contributed by atoms with van der Waals surface area (Å²) in [6.07, 6.45) is 2.44. The van der Waals surface area contributed by atoms with Gasteiger partial charge in [-0.2, -0.15) is 0 Å². The van der Waals surface area contributed by atoms with E-state index in [0.29, 0.717) is 23.8 Å². The van der Waals surface area contributed by atoms with Gasteiger partial charge in [-0.05, 0) is 43.0 Å². The van der Waals surface area contributed by atoms with E-state index in [1.807, 2.05) is 13.0 Å². The summed E-state index contributed by atoms with van der Waals surface area (Å²) >= 11 is 0. The molecule has 0 heterocycles. The van der Waals surface area contributed by atoms with Gasteiger partial charge < -0.3 is 15.8 Å². The van der Waals surface area contributed by atoms with Crippen molar-refractivity contribution in [3.63, 3.8) is 0 Å². The maximum Gasteiger partial charge on any atom is 0.258 e. The average molecular weight is 276 g/mol. The highest BCUT2D eigenvalue weighted by atomic mass is 16.5. The van der Waals surface area contributed by atoms with Crippen LogP contribution in [0.25, 0.3) is 0 Å². The standard InChI is InChI=1S/C16H24N2O2/c1-5-6-13-9-14(17)7-8-15(13)20-10-16(19)18-12(4)11(2)3/h5,7-9,11-12H,1,6,10,17H2,2-4H3,(H,18,19). The first-order valence-corrected chi connectivity index (χ1v) is 6.85. The van der Waals surface area contributed by atoms with Crippen LogP contribution in [0, 0.1) is 5.92 Å². The largest absolute Gasteiger partial charge is 0.483 e. The third-order valence-corrected chi connectivity index (χ3v) is 3.20. The summed E-state index contributed by atoms with van der Waals surface area (Å²) in [5, 5.41) is 2.90. The van der Waals surface area contributed by atoms with Crippen molar-refractivity contribution in [2.45, 2.75) is 33.2 Å². The summed E-state index contributed by atoms with van der Waals surface area (Å²) in [5.74, 6) is 0.950. The molecule has 1 amide bonds. The van der Waals surface area contributed by atoms with Crippen molar-refractivity contribution in [1.29, 1.82) is 0 Å². The monoisotopic (exact) mass is 276 g/mol. The molecule has 0 saturated carbocycles. The molecule has 4 nitrogen and oxygen atoms in total. The number of ether oxygens (including phenoxy) is 1. The Bertz CT molecular complexity index is 470. The minimum absolute atomic E-state index is 0.00508. The number of hydrogen-bond donors (Lipinski definition) is 2. The van der Waals surface area contributed by atoms with Crippen LogP contribution in [0.1, 0.15) is 26.3 Å². The maximum absolute atomic E-state index is 11.8. The third-order valence-electron chi connectivity index (χ3n) is 3.20. The van der Waals surface area contributed by atoms with E-state index in [9.17, 15) is 4.79 Å². The van der Waals surface area contributed by atoms with Crippen molar-refractivity contribution in [2.75, 3.05) is 12.3 Å². The molecule has 1 rings (SSSR count). The van der Waals surface area contributed by atoms with Crippen molar-refractivity contribution >= 4 is 11.6 Å². The van der Waals surface area contributed by atoms with Crippen LogP contribution in [0.15, 0.2) is 30.9 Å². The minimum Gasteiger partial charge on any atom is -0.483 e. The fraction of sp³-hybridized carbons (Fsp3) is 0.438. The van der Waals surface area contributed by atoms with Crippen molar-refractivity contribution in [3.05, 3.63) is 36.4 Å². The molecule has 1 atom stereocenters. The topological polar surface area (TPSA) is 64.3 Å². The van der Waals surface area contributed by atoms with Gasteiger partial charge in [0.1, 0.15) is 5.75 Å². The second-order valence-corrected chi connectivity index (χ2v) is 5.25. The summed E-state index contributed by atoms with van der Waals surface area (Å²) in [6.45, 7) is 9.82. The number of carbonyl (C=O) groups excluding carboxylic acids is 1. The zero-order valence-corrected chi connectivity index (χ0v) is 12.5. The number of nitrogen functional groups attached to an aromatic ring is 1. The summed E-state index contributed by atoms with van der Waals surface area (Å²) in [4.78, 5) is 11.8. The molecule has 1 unspecified atom stereocenters. The van der Waals surface area contributed by atoms with E-state index in [1.54, 1.807) is 18.2 Å². The van der Waals surface area contributed by atoms with Crippen molar-refractivity contribution in [2.24, 2.45) is 5.92 Å². The molecule has 3 N–H and O–H groups in total. The molecular formula is C16H24N2O2. The number of allylic oxidation sites excluding steroid dienone is 1. The van der Waals surface area contributed by atoms with E-state index in [-0.39, 0.29) is 18.6 Å². The van der Waals surface area contributed by atoms with Crippen LogP contribution in [-0.4, -0.2) is 18.6 Å². The molecule has 0 saturated heterocycles. The van der Waals surface area contributed by atoms with Crippen LogP contribution in [0.2, 0.25) is 0 Å². The van der Waals surface area contributed by atoms with E-state index in [0.717, 1.165) is 5.56 Å². The van der Waals surface area contributed by atoms with Gasteiger partial charge in [-0.3, -0.25) is 4.79 Å². The lowest BCUT2D eigenvalue weighted by Crippen LogP contribution is -2.39. The van der Waals surface area contributed by atoms with Crippen LogP contribution in [0.3, 0.4) is 0 Å². The fourth-order valence-electron chi connectivity index (χ4n) is 1.66. The van der Waals surface area contributed by atoms with Gasteiger partial charge in [0.05, 0.1) is 0 Å². The van der Waals surface area contributed by atoms with Crippen LogP contribution in [-0.2, 0) is 11.2 Å². The molecule has 1 aromatic rings. The quantitative estimate of drug-likeness (QED) is 0.594. The molecule has 20 heavy (non-hydrogen) atoms.